The van der Waals surface area contributed by atoms with Gasteiger partial charge in [-0.25, -0.2) is 4.39 Å². The van der Waals surface area contributed by atoms with Gasteiger partial charge < -0.3 is 18.8 Å². The predicted octanol–water partition coefficient (Wildman–Crippen LogP) is 8.83. The van der Waals surface area contributed by atoms with Crippen molar-refractivity contribution >= 4 is 35.5 Å². The van der Waals surface area contributed by atoms with Crippen LogP contribution in [0.25, 0.3) is 55.9 Å². The Morgan fingerprint density at radius 3 is 2.17 bits per heavy atom. The van der Waals surface area contributed by atoms with E-state index in [4.69, 9.17) is 8.83 Å². The number of hydrogen-bond donors (Lipinski definition) is 0. The Labute approximate surface area is 293 Å². The molecule has 4 aromatic heterocycles. The molecule has 48 heavy (non-hydrogen) atoms. The molecule has 0 aliphatic carbocycles. The fourth-order valence-corrected chi connectivity index (χ4v) is 5.78. The van der Waals surface area contributed by atoms with E-state index >= 15 is 4.39 Å². The molecule has 0 atom stereocenters. The van der Waals surface area contributed by atoms with E-state index in [1.165, 1.54) is 17.2 Å². The van der Waals surface area contributed by atoms with Gasteiger partial charge in [-0.2, -0.15) is 5.26 Å². The number of nitriles is 1. The standard InChI is InChI=1S/C25H20FN4O2Si.C13H12N.Ir/c1-13-9-20(28-12-14(13)2)16-8-6-7-15-17-10-19(26)18(11-27)21(23(17)31-22(15)16)24-29-30-25(32-24)33(3,4)5;1-10-3-6-12(7-4-10)13-8-5-11(2)9-14-13;/h6-7,9-10,12H,1-5H3;3-6,8-9H,1-2H3;/q2*-1;. The quantitative estimate of drug-likeness (QED) is 0.129. The number of rotatable bonds is 4. The van der Waals surface area contributed by atoms with Crippen LogP contribution in [0.5, 0.6) is 0 Å². The Balaban J connectivity index is 0.000000252. The van der Waals surface area contributed by atoms with Crippen molar-refractivity contribution in [2.45, 2.75) is 47.3 Å². The Morgan fingerprint density at radius 2 is 1.54 bits per heavy atom. The number of pyridine rings is 2. The van der Waals surface area contributed by atoms with E-state index in [0.29, 0.717) is 38.7 Å². The summed E-state index contributed by atoms with van der Waals surface area (Å²) in [5, 5.41) is 19.2. The topological polar surface area (TPSA) is 102 Å². The Bertz CT molecular complexity index is 2260. The van der Waals surface area contributed by atoms with Gasteiger partial charge in [0, 0.05) is 37.9 Å². The number of aryl methyl sites for hydroxylation is 4. The van der Waals surface area contributed by atoms with Crippen LogP contribution < -0.4 is 5.51 Å². The average molecular weight is 830 g/mol. The molecule has 0 amide bonds. The van der Waals surface area contributed by atoms with Gasteiger partial charge in [-0.3, -0.25) is 0 Å². The van der Waals surface area contributed by atoms with E-state index < -0.39 is 13.9 Å². The van der Waals surface area contributed by atoms with E-state index in [1.807, 2.05) is 63.4 Å². The molecule has 0 N–H and O–H groups in total. The SMILES string of the molecule is Cc1c[c-]c(-c2ccc(C)cn2)cc1.Cc1cnc(-c2[c-]ccc3c2oc2c(-c4nnc([Si](C)(C)C)o4)c(C#N)c(F)cc23)cc1C.[Ir]. The van der Waals surface area contributed by atoms with Crippen molar-refractivity contribution in [1.29, 1.82) is 5.26 Å². The van der Waals surface area contributed by atoms with Crippen LogP contribution in [0.2, 0.25) is 19.6 Å². The number of nitrogens with zero attached hydrogens (tertiary/aromatic N) is 5. The molecular weight excluding hydrogens is 798 g/mol. The molecule has 0 bridgehead atoms. The molecule has 0 aliphatic rings. The normalized spacial score (nSPS) is 11.1. The summed E-state index contributed by atoms with van der Waals surface area (Å²) in [4.78, 5) is 8.88. The molecular formula is C38H32FIrN5O2Si-2. The van der Waals surface area contributed by atoms with Crippen molar-refractivity contribution in [2.75, 3.05) is 0 Å². The summed E-state index contributed by atoms with van der Waals surface area (Å²) < 4.78 is 27.3. The summed E-state index contributed by atoms with van der Waals surface area (Å²) in [5.74, 6) is -0.600. The Kier molecular flexibility index (Phi) is 9.88. The molecule has 7 rings (SSSR count). The van der Waals surface area contributed by atoms with Gasteiger partial charge in [0.25, 0.3) is 5.89 Å². The largest absolute Gasteiger partial charge is 0.500 e. The van der Waals surface area contributed by atoms with Gasteiger partial charge in [0.2, 0.25) is 0 Å². The van der Waals surface area contributed by atoms with Crippen molar-refractivity contribution in [3.63, 3.8) is 0 Å². The van der Waals surface area contributed by atoms with Crippen molar-refractivity contribution in [1.82, 2.24) is 20.2 Å². The molecule has 10 heteroatoms. The third kappa shape index (κ3) is 6.76. The third-order valence-corrected chi connectivity index (χ3v) is 9.34. The van der Waals surface area contributed by atoms with Gasteiger partial charge in [-0.1, -0.05) is 61.3 Å². The fourth-order valence-electron chi connectivity index (χ4n) is 5.02. The van der Waals surface area contributed by atoms with Crippen LogP contribution in [0.4, 0.5) is 4.39 Å². The van der Waals surface area contributed by atoms with Crippen LogP contribution in [0.15, 0.2) is 75.8 Å². The number of fused-ring (bicyclic) bond motifs is 3. The van der Waals surface area contributed by atoms with E-state index in [-0.39, 0.29) is 37.1 Å². The van der Waals surface area contributed by atoms with E-state index in [1.54, 1.807) is 12.3 Å². The van der Waals surface area contributed by atoms with Crippen molar-refractivity contribution in [3.8, 4) is 40.0 Å². The molecule has 3 aromatic carbocycles. The monoisotopic (exact) mass is 830 g/mol. The molecule has 0 saturated heterocycles. The van der Waals surface area contributed by atoms with Crippen LogP contribution in [0.1, 0.15) is 27.8 Å². The van der Waals surface area contributed by atoms with Crippen LogP contribution in [0, 0.1) is 57.0 Å². The Morgan fingerprint density at radius 1 is 0.792 bits per heavy atom. The predicted molar refractivity (Wildman–Crippen MR) is 184 cm³/mol. The first kappa shape index (κ1) is 34.5. The van der Waals surface area contributed by atoms with E-state index in [0.717, 1.165) is 22.4 Å². The summed E-state index contributed by atoms with van der Waals surface area (Å²) in [6.45, 7) is 14.3. The molecule has 0 fully saturated rings. The third-order valence-electron chi connectivity index (χ3n) is 7.85. The molecule has 7 aromatic rings. The van der Waals surface area contributed by atoms with Gasteiger partial charge >= 0.3 is 0 Å². The smallest absolute Gasteiger partial charge is 0.252 e. The first-order chi connectivity index (χ1) is 22.4. The molecule has 0 aliphatic heterocycles. The molecule has 1 radical (unpaired) electrons. The molecule has 0 saturated carbocycles. The maximum atomic E-state index is 15.1. The second-order valence-corrected chi connectivity index (χ2v) is 17.5. The minimum Gasteiger partial charge on any atom is -0.500 e. The van der Waals surface area contributed by atoms with Crippen molar-refractivity contribution < 1.29 is 33.3 Å². The number of furan rings is 1. The number of halogens is 1. The van der Waals surface area contributed by atoms with E-state index in [9.17, 15) is 5.26 Å². The van der Waals surface area contributed by atoms with Crippen LogP contribution in [-0.4, -0.2) is 28.2 Å². The van der Waals surface area contributed by atoms with Gasteiger partial charge in [0.1, 0.15) is 28.6 Å². The zero-order valence-corrected chi connectivity index (χ0v) is 31.0. The Hall–Kier alpha value is -4.81. The first-order valence-corrected chi connectivity index (χ1v) is 18.6. The van der Waals surface area contributed by atoms with E-state index in [2.05, 4.69) is 71.0 Å². The van der Waals surface area contributed by atoms with Crippen molar-refractivity contribution in [3.05, 3.63) is 113 Å². The maximum absolute atomic E-state index is 15.1. The molecule has 243 valence electrons. The molecule has 0 spiro atoms. The maximum Gasteiger partial charge on any atom is 0.252 e. The summed E-state index contributed by atoms with van der Waals surface area (Å²) in [6, 6.07) is 25.4. The second-order valence-electron chi connectivity index (χ2n) is 12.6. The first-order valence-electron chi connectivity index (χ1n) is 15.1. The van der Waals surface area contributed by atoms with Gasteiger partial charge in [-0.05, 0) is 49.4 Å². The second kappa shape index (κ2) is 13.7. The van der Waals surface area contributed by atoms with Crippen LogP contribution in [-0.2, 0) is 20.1 Å². The van der Waals surface area contributed by atoms with Gasteiger partial charge in [-0.15, -0.1) is 63.8 Å². The molecule has 4 heterocycles. The minimum atomic E-state index is -1.91. The average Bonchev–Trinajstić information content (AvgIpc) is 3.69. The number of hydrogen-bond acceptors (Lipinski definition) is 7. The summed E-state index contributed by atoms with van der Waals surface area (Å²) >= 11 is 0. The van der Waals surface area contributed by atoms with Gasteiger partial charge in [0.15, 0.2) is 13.6 Å². The van der Waals surface area contributed by atoms with Crippen LogP contribution in [0.3, 0.4) is 0 Å². The zero-order chi connectivity index (χ0) is 33.5. The zero-order valence-electron chi connectivity index (χ0n) is 27.6. The summed E-state index contributed by atoms with van der Waals surface area (Å²) in [7, 11) is -1.91. The number of benzene rings is 3. The molecule has 0 unspecified atom stereocenters. The fraction of sp³-hybridized carbons (Fsp3) is 0.184. The molecule has 7 nitrogen and oxygen atoms in total. The number of aromatic nitrogens is 4. The van der Waals surface area contributed by atoms with Crippen molar-refractivity contribution in [2.24, 2.45) is 0 Å². The van der Waals surface area contributed by atoms with Gasteiger partial charge in [0.05, 0.1) is 5.58 Å². The minimum absolute atomic E-state index is 0. The summed E-state index contributed by atoms with van der Waals surface area (Å²) in [5.41, 5.74) is 9.27. The summed E-state index contributed by atoms with van der Waals surface area (Å²) in [6.07, 6.45) is 3.68. The van der Waals surface area contributed by atoms with Crippen LogP contribution >= 0.6 is 0 Å².